The van der Waals surface area contributed by atoms with E-state index in [2.05, 4.69) is 10.1 Å². The third-order valence-corrected chi connectivity index (χ3v) is 6.14. The minimum atomic E-state index is -0.572. The van der Waals surface area contributed by atoms with Crippen molar-refractivity contribution in [3.05, 3.63) is 82.6 Å². The highest BCUT2D eigenvalue weighted by Crippen LogP contribution is 2.34. The maximum atomic E-state index is 15.0. The summed E-state index contributed by atoms with van der Waals surface area (Å²) in [6.07, 6.45) is 0. The van der Waals surface area contributed by atoms with Crippen LogP contribution in [-0.4, -0.2) is 47.3 Å². The Morgan fingerprint density at radius 1 is 1.03 bits per heavy atom. The molecular formula is C30H31ClFN3O4. The fraction of sp³-hybridized carbons (Fsp3) is 0.300. The van der Waals surface area contributed by atoms with Crippen LogP contribution in [0.2, 0.25) is 5.02 Å². The first-order chi connectivity index (χ1) is 18.5. The Labute approximate surface area is 232 Å². The predicted octanol–water partition coefficient (Wildman–Crippen LogP) is 6.78. The molecule has 0 aliphatic heterocycles. The van der Waals surface area contributed by atoms with Crippen LogP contribution in [0.15, 0.2) is 65.2 Å². The van der Waals surface area contributed by atoms with E-state index >= 15 is 0 Å². The number of rotatable bonds is 9. The lowest BCUT2D eigenvalue weighted by Gasteiger charge is -2.22. The number of nitrogens with zero attached hydrogens (tertiary/aromatic N) is 3. The summed E-state index contributed by atoms with van der Waals surface area (Å²) >= 11 is 6.42. The Morgan fingerprint density at radius 3 is 2.46 bits per heavy atom. The molecule has 1 heterocycles. The van der Waals surface area contributed by atoms with Crippen molar-refractivity contribution < 1.29 is 23.2 Å². The largest absolute Gasteiger partial charge is 0.459 e. The first-order valence-corrected chi connectivity index (χ1v) is 12.8. The molecule has 0 amide bonds. The molecule has 4 aromatic rings. The van der Waals surface area contributed by atoms with E-state index in [0.29, 0.717) is 34.2 Å². The van der Waals surface area contributed by atoms with Crippen molar-refractivity contribution >= 4 is 17.6 Å². The van der Waals surface area contributed by atoms with E-state index in [9.17, 15) is 9.18 Å². The molecule has 4 rings (SSSR count). The van der Waals surface area contributed by atoms with E-state index in [1.54, 1.807) is 52.0 Å². The van der Waals surface area contributed by atoms with Gasteiger partial charge in [-0.1, -0.05) is 53.2 Å². The molecule has 0 spiro atoms. The molecule has 204 valence electrons. The molecule has 1 aromatic heterocycles. The summed E-state index contributed by atoms with van der Waals surface area (Å²) < 4.78 is 31.2. The van der Waals surface area contributed by atoms with Crippen molar-refractivity contribution in [2.45, 2.75) is 39.5 Å². The maximum absolute atomic E-state index is 15.0. The van der Waals surface area contributed by atoms with Crippen molar-refractivity contribution in [1.82, 2.24) is 15.0 Å². The van der Waals surface area contributed by atoms with Crippen LogP contribution in [-0.2, 0) is 27.4 Å². The summed E-state index contributed by atoms with van der Waals surface area (Å²) in [6.45, 7) is 6.07. The average Bonchev–Trinajstić information content (AvgIpc) is 3.35. The van der Waals surface area contributed by atoms with Crippen molar-refractivity contribution in [1.29, 1.82) is 0 Å². The van der Waals surface area contributed by atoms with Gasteiger partial charge in [0.2, 0.25) is 5.82 Å². The van der Waals surface area contributed by atoms with Gasteiger partial charge in [-0.25, -0.2) is 4.39 Å². The number of hydrogen-bond donors (Lipinski definition) is 0. The van der Waals surface area contributed by atoms with Crippen LogP contribution in [0.25, 0.3) is 34.0 Å². The number of halogens is 2. The van der Waals surface area contributed by atoms with Gasteiger partial charge < -0.3 is 14.0 Å². The Hall–Kier alpha value is -3.59. The molecule has 0 fully saturated rings. The van der Waals surface area contributed by atoms with Crippen LogP contribution in [0.3, 0.4) is 0 Å². The molecule has 39 heavy (non-hydrogen) atoms. The van der Waals surface area contributed by atoms with Gasteiger partial charge in [0.25, 0.3) is 5.89 Å². The highest BCUT2D eigenvalue weighted by atomic mass is 35.5. The zero-order valence-electron chi connectivity index (χ0n) is 22.6. The monoisotopic (exact) mass is 551 g/mol. The Morgan fingerprint density at radius 2 is 1.77 bits per heavy atom. The number of hydrogen-bond acceptors (Lipinski definition) is 7. The minimum Gasteiger partial charge on any atom is -0.459 e. The van der Waals surface area contributed by atoms with Gasteiger partial charge in [0.05, 0.1) is 13.2 Å². The number of aromatic nitrogens is 2. The van der Waals surface area contributed by atoms with Gasteiger partial charge in [-0.05, 0) is 63.2 Å². The number of carbonyl (C=O) groups excluding carboxylic acids is 1. The van der Waals surface area contributed by atoms with Gasteiger partial charge in [0.1, 0.15) is 11.4 Å². The quantitative estimate of drug-likeness (QED) is 0.212. The molecule has 3 aromatic carbocycles. The second kappa shape index (κ2) is 12.1. The first-order valence-electron chi connectivity index (χ1n) is 12.4. The molecule has 7 nitrogen and oxygen atoms in total. The highest BCUT2D eigenvalue weighted by molar-refractivity contribution is 6.33. The van der Waals surface area contributed by atoms with E-state index in [-0.39, 0.29) is 24.9 Å². The van der Waals surface area contributed by atoms with Gasteiger partial charge in [0.15, 0.2) is 0 Å². The summed E-state index contributed by atoms with van der Waals surface area (Å²) in [5.74, 6) is -0.230. The third kappa shape index (κ3) is 7.29. The normalized spacial score (nSPS) is 11.7. The van der Waals surface area contributed by atoms with Gasteiger partial charge in [0, 0.05) is 40.9 Å². The predicted molar refractivity (Wildman–Crippen MR) is 148 cm³/mol. The number of carbonyl (C=O) groups is 1. The summed E-state index contributed by atoms with van der Waals surface area (Å²) in [7, 11) is 3.36. The van der Waals surface area contributed by atoms with Crippen LogP contribution in [0.5, 0.6) is 0 Å². The smallest absolute Gasteiger partial charge is 0.320 e. The fourth-order valence-electron chi connectivity index (χ4n) is 4.16. The Bertz CT molecular complexity index is 1460. The first kappa shape index (κ1) is 28.4. The molecule has 0 atom stereocenters. The van der Waals surface area contributed by atoms with E-state index in [1.807, 2.05) is 42.5 Å². The second-order valence-corrected chi connectivity index (χ2v) is 10.7. The SMILES string of the molecule is COCc1cc(-c2nc(-c3ccc(CN(C)CC(=O)OC(C)(C)C)c(F)c3)no2)ccc1-c1ccccc1Cl. The van der Waals surface area contributed by atoms with Crippen molar-refractivity contribution in [2.24, 2.45) is 0 Å². The van der Waals surface area contributed by atoms with Crippen molar-refractivity contribution in [3.8, 4) is 34.0 Å². The number of benzene rings is 3. The topological polar surface area (TPSA) is 77.7 Å². The van der Waals surface area contributed by atoms with Crippen molar-refractivity contribution in [2.75, 3.05) is 20.7 Å². The maximum Gasteiger partial charge on any atom is 0.320 e. The van der Waals surface area contributed by atoms with Gasteiger partial charge in [-0.2, -0.15) is 4.98 Å². The molecule has 9 heteroatoms. The lowest BCUT2D eigenvalue weighted by Crippen LogP contribution is -2.32. The molecule has 0 aliphatic rings. The van der Waals surface area contributed by atoms with Crippen LogP contribution in [0.4, 0.5) is 4.39 Å². The van der Waals surface area contributed by atoms with Gasteiger partial charge >= 0.3 is 5.97 Å². The molecule has 0 bridgehead atoms. The number of esters is 1. The molecule has 0 radical (unpaired) electrons. The highest BCUT2D eigenvalue weighted by Gasteiger charge is 2.19. The summed E-state index contributed by atoms with van der Waals surface area (Å²) in [5.41, 5.74) is 3.80. The summed E-state index contributed by atoms with van der Waals surface area (Å²) in [5, 5.41) is 4.70. The van der Waals surface area contributed by atoms with Crippen LogP contribution in [0, 0.1) is 5.82 Å². The van der Waals surface area contributed by atoms with E-state index < -0.39 is 11.4 Å². The van der Waals surface area contributed by atoms with E-state index in [4.69, 9.17) is 25.6 Å². The molecular weight excluding hydrogens is 521 g/mol. The standard InChI is InChI=1S/C30H31ClFN3O4/c1-30(2,3)38-27(36)17-35(4)16-21-11-10-19(15-26(21)32)28-33-29(39-34-28)20-12-13-23(22(14-20)18-37-5)24-8-6-7-9-25(24)31/h6-15H,16-18H2,1-5H3. The summed E-state index contributed by atoms with van der Waals surface area (Å²) in [6, 6.07) is 18.1. The van der Waals surface area contributed by atoms with E-state index in [1.165, 1.54) is 6.07 Å². The van der Waals surface area contributed by atoms with Gasteiger partial charge in [-0.15, -0.1) is 0 Å². The Balaban J connectivity index is 1.51. The second-order valence-electron chi connectivity index (χ2n) is 10.3. The number of ether oxygens (including phenoxy) is 2. The molecule has 0 saturated carbocycles. The minimum absolute atomic E-state index is 0.0486. The molecule has 0 saturated heterocycles. The zero-order valence-corrected chi connectivity index (χ0v) is 23.4. The third-order valence-electron chi connectivity index (χ3n) is 5.81. The molecule has 0 aliphatic carbocycles. The van der Waals surface area contributed by atoms with Crippen LogP contribution in [0.1, 0.15) is 31.9 Å². The van der Waals surface area contributed by atoms with Gasteiger partial charge in [-0.3, -0.25) is 9.69 Å². The van der Waals surface area contributed by atoms with Crippen LogP contribution >= 0.6 is 11.6 Å². The lowest BCUT2D eigenvalue weighted by atomic mass is 9.97. The molecule has 0 unspecified atom stereocenters. The van der Waals surface area contributed by atoms with Crippen molar-refractivity contribution in [3.63, 3.8) is 0 Å². The number of methoxy groups -OCH3 is 1. The lowest BCUT2D eigenvalue weighted by molar-refractivity contribution is -0.155. The number of likely N-dealkylation sites (N-methyl/N-ethyl adjacent to an activating group) is 1. The average molecular weight is 552 g/mol. The Kier molecular flexibility index (Phi) is 8.80. The fourth-order valence-corrected chi connectivity index (χ4v) is 4.40. The van der Waals surface area contributed by atoms with E-state index in [0.717, 1.165) is 16.7 Å². The molecule has 0 N–H and O–H groups in total. The zero-order chi connectivity index (χ0) is 28.2. The van der Waals surface area contributed by atoms with Crippen LogP contribution < -0.4 is 0 Å². The summed E-state index contributed by atoms with van der Waals surface area (Å²) in [4.78, 5) is 18.3.